The molecule has 2 rings (SSSR count). The summed E-state index contributed by atoms with van der Waals surface area (Å²) in [5, 5.41) is 11.5. The van der Waals surface area contributed by atoms with Crippen LogP contribution in [0.5, 0.6) is 0 Å². The van der Waals surface area contributed by atoms with Crippen molar-refractivity contribution in [3.05, 3.63) is 117 Å². The number of hydrogen-bond donors (Lipinski definition) is 4. The maximum absolute atomic E-state index is 12.3. The predicted octanol–water partition coefficient (Wildman–Crippen LogP) is 10.9. The van der Waals surface area contributed by atoms with Crippen LogP contribution in [0.3, 0.4) is 0 Å². The Morgan fingerprint density at radius 3 is 1.20 bits per heavy atom. The molecule has 0 aromatic heterocycles. The summed E-state index contributed by atoms with van der Waals surface area (Å²) in [6, 6.07) is 0. The molecule has 0 spiro atoms. The summed E-state index contributed by atoms with van der Waals surface area (Å²) in [7, 11) is 0. The van der Waals surface area contributed by atoms with Crippen molar-refractivity contribution in [3.63, 3.8) is 0 Å². The molecule has 0 aromatic rings. The number of hydrogen-bond acceptors (Lipinski definition) is 7. The van der Waals surface area contributed by atoms with Crippen molar-refractivity contribution in [3.8, 4) is 0 Å². The van der Waals surface area contributed by atoms with Gasteiger partial charge in [0.1, 0.15) is 0 Å². The number of allylic oxidation sites excluding steroid dienone is 18. The molecule has 4 amide bonds. The van der Waals surface area contributed by atoms with Crippen LogP contribution in [0.4, 0.5) is 0 Å². The summed E-state index contributed by atoms with van der Waals surface area (Å²) in [6.45, 7) is 26.4. The lowest BCUT2D eigenvalue weighted by atomic mass is 9.72. The van der Waals surface area contributed by atoms with Gasteiger partial charge in [0, 0.05) is 77.6 Å². The van der Waals surface area contributed by atoms with Gasteiger partial charge < -0.3 is 35.5 Å². The molecule has 69 heavy (non-hydrogen) atoms. The Kier molecular flexibility index (Phi) is 30.1. The third-order valence-corrected chi connectivity index (χ3v) is 12.3. The number of carbonyl (C=O) groups is 4. The first-order valence-electron chi connectivity index (χ1n) is 25.5. The molecular weight excluding hydrogens is 865 g/mol. The van der Waals surface area contributed by atoms with E-state index >= 15 is 0 Å². The monoisotopic (exact) mass is 955 g/mol. The molecule has 0 bridgehead atoms. The van der Waals surface area contributed by atoms with Crippen LogP contribution >= 0.6 is 0 Å². The maximum Gasteiger partial charge on any atom is 0.244 e. The first kappa shape index (κ1) is 60.3. The van der Waals surface area contributed by atoms with E-state index in [4.69, 9.17) is 14.2 Å². The van der Waals surface area contributed by atoms with Gasteiger partial charge in [-0.1, -0.05) is 111 Å². The lowest BCUT2D eigenvalue weighted by molar-refractivity contribution is -0.123. The molecule has 11 nitrogen and oxygen atoms in total. The minimum Gasteiger partial charge on any atom is -0.381 e. The second kappa shape index (κ2) is 34.5. The molecule has 0 fully saturated rings. The highest BCUT2D eigenvalue weighted by Gasteiger charge is 2.27. The summed E-state index contributed by atoms with van der Waals surface area (Å²) in [4.78, 5) is 48.8. The van der Waals surface area contributed by atoms with E-state index in [9.17, 15) is 19.2 Å². The first-order chi connectivity index (χ1) is 32.9. The molecule has 2 aliphatic carbocycles. The van der Waals surface area contributed by atoms with Crippen LogP contribution in [0.25, 0.3) is 0 Å². The van der Waals surface area contributed by atoms with Crippen LogP contribution in [-0.2, 0) is 33.4 Å². The third kappa shape index (κ3) is 28.4. The highest BCUT2D eigenvalue weighted by Crippen LogP contribution is 2.41. The zero-order chi connectivity index (χ0) is 50.9. The summed E-state index contributed by atoms with van der Waals surface area (Å²) < 4.78 is 16.8. The smallest absolute Gasteiger partial charge is 0.244 e. The van der Waals surface area contributed by atoms with Crippen LogP contribution in [0, 0.1) is 10.8 Å². The van der Waals surface area contributed by atoms with Crippen molar-refractivity contribution in [2.45, 2.75) is 146 Å². The van der Waals surface area contributed by atoms with Crippen molar-refractivity contribution in [1.82, 2.24) is 21.3 Å². The molecule has 0 atom stereocenters. The molecule has 0 heterocycles. The fourth-order valence-electron chi connectivity index (χ4n) is 8.26. The first-order valence-corrected chi connectivity index (χ1v) is 25.5. The number of amides is 4. The minimum absolute atomic E-state index is 0.109. The predicted molar refractivity (Wildman–Crippen MR) is 284 cm³/mol. The molecule has 2 aliphatic rings. The van der Waals surface area contributed by atoms with Crippen molar-refractivity contribution in [2.24, 2.45) is 10.8 Å². The van der Waals surface area contributed by atoms with Gasteiger partial charge in [-0.15, -0.1) is 0 Å². The SMILES string of the molecule is CC(C=CC1=C(C)CCCC1(C)C)=CC=CC(C)=CC(=O)NCCCOCCCNC(=O)CCOCCC(=O)NCCCOCCCNC(=O)C=C(C)C=CC=C(C)C=CC1=C(C)CCCC1(C)C. The number of nitrogens with one attached hydrogen (secondary N) is 4. The Hall–Kier alpha value is -4.84. The van der Waals surface area contributed by atoms with Gasteiger partial charge in [0.25, 0.3) is 0 Å². The highest BCUT2D eigenvalue weighted by molar-refractivity contribution is 5.89. The van der Waals surface area contributed by atoms with Gasteiger partial charge in [-0.25, -0.2) is 0 Å². The topological polar surface area (TPSA) is 144 Å². The Morgan fingerprint density at radius 1 is 0.493 bits per heavy atom. The van der Waals surface area contributed by atoms with Gasteiger partial charge in [-0.05, 0) is 139 Å². The molecule has 0 aliphatic heterocycles. The molecule has 0 saturated carbocycles. The zero-order valence-corrected chi connectivity index (χ0v) is 44.3. The quantitative estimate of drug-likeness (QED) is 0.0299. The van der Waals surface area contributed by atoms with Crippen LogP contribution in [0.1, 0.15) is 146 Å². The standard InChI is InChI=1S/C58H90N4O7/c1-45(25-27-51-49(5)23-13-31-57(51,7)8)19-11-21-47(3)43-55(65)61-35-17-39-67-37-15-33-59-53(63)29-41-69-42-30-54(64)60-34-16-38-68-40-18-36-62-56(66)44-48(4)22-12-20-46(2)26-28-52-50(6)24-14-32-58(52,9)10/h11-12,19-22,25-28,43-44H,13-18,23-24,29-42H2,1-10H3,(H,59,63)(H,60,64)(H,61,65)(H,62,66). The van der Waals surface area contributed by atoms with E-state index < -0.39 is 0 Å². The average molecular weight is 955 g/mol. The van der Waals surface area contributed by atoms with E-state index in [0.29, 0.717) is 78.3 Å². The third-order valence-electron chi connectivity index (χ3n) is 12.3. The van der Waals surface area contributed by atoms with Gasteiger partial charge in [-0.3, -0.25) is 19.2 Å². The Balaban J connectivity index is 1.39. The normalized spacial score (nSPS) is 17.2. The molecule has 4 N–H and O–H groups in total. The van der Waals surface area contributed by atoms with Crippen molar-refractivity contribution in [2.75, 3.05) is 65.8 Å². The molecular formula is C58H90N4O7. The van der Waals surface area contributed by atoms with E-state index in [0.717, 1.165) is 22.3 Å². The van der Waals surface area contributed by atoms with Gasteiger partial charge in [0.2, 0.25) is 23.6 Å². The Morgan fingerprint density at radius 2 is 0.841 bits per heavy atom. The van der Waals surface area contributed by atoms with E-state index in [2.05, 4.69) is 113 Å². The lowest BCUT2D eigenvalue weighted by Crippen LogP contribution is -2.28. The molecule has 0 aromatic carbocycles. The number of rotatable bonds is 32. The molecule has 0 saturated heterocycles. The molecule has 0 radical (unpaired) electrons. The average Bonchev–Trinajstić information content (AvgIpc) is 3.26. The summed E-state index contributed by atoms with van der Waals surface area (Å²) in [5.41, 5.74) is 10.4. The molecule has 11 heteroatoms. The molecule has 0 unspecified atom stereocenters. The van der Waals surface area contributed by atoms with Crippen LogP contribution < -0.4 is 21.3 Å². The number of ether oxygens (including phenoxy) is 3. The van der Waals surface area contributed by atoms with Gasteiger partial charge >= 0.3 is 0 Å². The Labute approximate surface area is 417 Å². The van der Waals surface area contributed by atoms with Crippen LogP contribution in [0.15, 0.2) is 117 Å². The summed E-state index contributed by atoms with van der Waals surface area (Å²) in [5.74, 6) is -0.473. The highest BCUT2D eigenvalue weighted by atomic mass is 16.5. The lowest BCUT2D eigenvalue weighted by Gasteiger charge is -2.33. The number of carbonyl (C=O) groups excluding carboxylic acids is 4. The van der Waals surface area contributed by atoms with Crippen molar-refractivity contribution < 1.29 is 33.4 Å². The van der Waals surface area contributed by atoms with Gasteiger partial charge in [0.15, 0.2) is 0 Å². The van der Waals surface area contributed by atoms with E-state index in [1.165, 1.54) is 60.8 Å². The van der Waals surface area contributed by atoms with E-state index in [-0.39, 0.29) is 60.5 Å². The fourth-order valence-corrected chi connectivity index (χ4v) is 8.26. The summed E-state index contributed by atoms with van der Waals surface area (Å²) in [6.07, 6.45) is 34.6. The summed E-state index contributed by atoms with van der Waals surface area (Å²) >= 11 is 0. The second-order valence-corrected chi connectivity index (χ2v) is 19.9. The van der Waals surface area contributed by atoms with Crippen molar-refractivity contribution in [1.29, 1.82) is 0 Å². The Bertz CT molecular complexity index is 1820. The zero-order valence-electron chi connectivity index (χ0n) is 44.3. The molecule has 384 valence electrons. The van der Waals surface area contributed by atoms with Crippen LogP contribution in [-0.4, -0.2) is 89.4 Å². The maximum atomic E-state index is 12.3. The van der Waals surface area contributed by atoms with E-state index in [1.807, 2.05) is 38.2 Å². The van der Waals surface area contributed by atoms with Crippen molar-refractivity contribution >= 4 is 23.6 Å². The van der Waals surface area contributed by atoms with Crippen LogP contribution in [0.2, 0.25) is 0 Å². The fraction of sp³-hybridized carbons (Fsp3) is 0.586. The van der Waals surface area contributed by atoms with E-state index in [1.54, 1.807) is 12.2 Å². The second-order valence-electron chi connectivity index (χ2n) is 19.9. The largest absolute Gasteiger partial charge is 0.381 e. The van der Waals surface area contributed by atoms with Gasteiger partial charge in [-0.2, -0.15) is 0 Å². The van der Waals surface area contributed by atoms with Gasteiger partial charge in [0.05, 0.1) is 13.2 Å². The minimum atomic E-state index is -0.127.